The van der Waals surface area contributed by atoms with E-state index < -0.39 is 0 Å². The molecule has 0 aliphatic carbocycles. The Labute approximate surface area is 97.3 Å². The van der Waals surface area contributed by atoms with Crippen molar-refractivity contribution in [2.45, 2.75) is 18.9 Å². The van der Waals surface area contributed by atoms with Gasteiger partial charge in [-0.05, 0) is 12.8 Å². The van der Waals surface area contributed by atoms with Crippen molar-refractivity contribution in [1.82, 2.24) is 19.6 Å². The van der Waals surface area contributed by atoms with E-state index in [0.717, 1.165) is 31.7 Å². The van der Waals surface area contributed by atoms with Gasteiger partial charge in [0.15, 0.2) is 5.65 Å². The molecule has 1 aliphatic rings. The summed E-state index contributed by atoms with van der Waals surface area (Å²) >= 11 is 0. The molecule has 0 spiro atoms. The molecule has 3 rings (SSSR count). The topological polar surface area (TPSA) is 92.3 Å². The molecule has 90 valence electrons. The highest BCUT2D eigenvalue weighted by atomic mass is 16.1. The third kappa shape index (κ3) is 1.78. The zero-order valence-corrected chi connectivity index (χ0v) is 9.33. The molecule has 1 aliphatic heterocycles. The van der Waals surface area contributed by atoms with Crippen molar-refractivity contribution >= 4 is 11.5 Å². The molecule has 1 saturated heterocycles. The van der Waals surface area contributed by atoms with Gasteiger partial charge in [0, 0.05) is 25.2 Å². The predicted molar refractivity (Wildman–Crippen MR) is 63.0 cm³/mol. The first-order valence-electron chi connectivity index (χ1n) is 5.67. The first-order valence-corrected chi connectivity index (χ1v) is 5.67. The van der Waals surface area contributed by atoms with Gasteiger partial charge in [0.2, 0.25) is 0 Å². The Bertz CT molecular complexity index is 588. The lowest BCUT2D eigenvalue weighted by atomic mass is 10.1. The van der Waals surface area contributed by atoms with Crippen molar-refractivity contribution in [1.29, 1.82) is 0 Å². The largest absolute Gasteiger partial charge is 0.355 e. The summed E-state index contributed by atoms with van der Waals surface area (Å²) in [5.74, 6) is 0.826. The van der Waals surface area contributed by atoms with Crippen molar-refractivity contribution < 1.29 is 0 Å². The molecule has 1 atom stereocenters. The van der Waals surface area contributed by atoms with Crippen LogP contribution in [0.5, 0.6) is 0 Å². The summed E-state index contributed by atoms with van der Waals surface area (Å²) in [7, 11) is 0. The van der Waals surface area contributed by atoms with Gasteiger partial charge < -0.3 is 10.6 Å². The third-order valence-electron chi connectivity index (χ3n) is 3.08. The minimum Gasteiger partial charge on any atom is -0.355 e. The number of hydrogen-bond donors (Lipinski definition) is 2. The van der Waals surface area contributed by atoms with Crippen LogP contribution in [0.2, 0.25) is 0 Å². The van der Waals surface area contributed by atoms with Crippen molar-refractivity contribution in [3.05, 3.63) is 22.9 Å². The highest BCUT2D eigenvalue weighted by Gasteiger charge is 2.18. The maximum absolute atomic E-state index is 11.3. The second-order valence-electron chi connectivity index (χ2n) is 4.35. The number of H-pyrrole nitrogens is 1. The van der Waals surface area contributed by atoms with E-state index in [2.05, 4.69) is 20.1 Å². The standard InChI is InChI=1S/C10H14N6O/c11-7-2-1-3-15(5-7)8-4-9-13-14-10(17)16(9)6-12-8/h4,6-7H,1-3,5,11H2,(H,14,17)/t7-/m1/s1. The molecule has 2 aromatic heterocycles. The zero-order valence-electron chi connectivity index (χ0n) is 9.33. The Morgan fingerprint density at radius 1 is 1.53 bits per heavy atom. The molecule has 7 nitrogen and oxygen atoms in total. The molecular formula is C10H14N6O. The number of aromatic nitrogens is 4. The molecule has 2 aromatic rings. The minimum absolute atomic E-state index is 0.197. The number of fused-ring (bicyclic) bond motifs is 1. The normalized spacial score (nSPS) is 21.0. The number of nitrogens with two attached hydrogens (primary N) is 1. The van der Waals surface area contributed by atoms with Crippen LogP contribution < -0.4 is 16.3 Å². The minimum atomic E-state index is -0.269. The van der Waals surface area contributed by atoms with Crippen molar-refractivity contribution in [3.63, 3.8) is 0 Å². The molecule has 1 fully saturated rings. The molecule has 0 saturated carbocycles. The fraction of sp³-hybridized carbons (Fsp3) is 0.500. The van der Waals surface area contributed by atoms with Gasteiger partial charge in [-0.1, -0.05) is 0 Å². The van der Waals surface area contributed by atoms with Gasteiger partial charge in [-0.3, -0.25) is 0 Å². The molecule has 0 aromatic carbocycles. The smallest absolute Gasteiger partial charge is 0.348 e. The fourth-order valence-corrected chi connectivity index (χ4v) is 2.19. The highest BCUT2D eigenvalue weighted by molar-refractivity contribution is 5.50. The Balaban J connectivity index is 1.97. The second-order valence-corrected chi connectivity index (χ2v) is 4.35. The van der Waals surface area contributed by atoms with Gasteiger partial charge in [-0.15, -0.1) is 0 Å². The lowest BCUT2D eigenvalue weighted by molar-refractivity contribution is 0.503. The van der Waals surface area contributed by atoms with Crippen LogP contribution in [0.25, 0.3) is 5.65 Å². The summed E-state index contributed by atoms with van der Waals surface area (Å²) in [6.45, 7) is 1.75. The number of aromatic amines is 1. The van der Waals surface area contributed by atoms with Gasteiger partial charge >= 0.3 is 5.69 Å². The summed E-state index contributed by atoms with van der Waals surface area (Å²) < 4.78 is 1.38. The van der Waals surface area contributed by atoms with Crippen molar-refractivity contribution in [2.24, 2.45) is 5.73 Å². The lowest BCUT2D eigenvalue weighted by Crippen LogP contribution is -2.43. The van der Waals surface area contributed by atoms with Crippen LogP contribution >= 0.6 is 0 Å². The molecule has 0 unspecified atom stereocenters. The van der Waals surface area contributed by atoms with Gasteiger partial charge in [-0.2, -0.15) is 5.10 Å². The number of rotatable bonds is 1. The van der Waals surface area contributed by atoms with E-state index in [1.165, 1.54) is 10.7 Å². The summed E-state index contributed by atoms with van der Waals surface area (Å²) in [5.41, 5.74) is 6.25. The Kier molecular flexibility index (Phi) is 2.32. The number of hydrogen-bond acceptors (Lipinski definition) is 5. The molecule has 0 amide bonds. The monoisotopic (exact) mass is 234 g/mol. The average Bonchev–Trinajstić information content (AvgIpc) is 2.71. The van der Waals surface area contributed by atoms with E-state index in [1.54, 1.807) is 6.07 Å². The molecule has 3 heterocycles. The number of nitrogens with one attached hydrogen (secondary N) is 1. The van der Waals surface area contributed by atoms with Crippen LogP contribution in [0.1, 0.15) is 12.8 Å². The van der Waals surface area contributed by atoms with E-state index in [4.69, 9.17) is 5.73 Å². The zero-order chi connectivity index (χ0) is 11.8. The molecule has 7 heteroatoms. The maximum atomic E-state index is 11.3. The van der Waals surface area contributed by atoms with E-state index >= 15 is 0 Å². The highest BCUT2D eigenvalue weighted by Crippen LogP contribution is 2.17. The molecule has 3 N–H and O–H groups in total. The predicted octanol–water partition coefficient (Wildman–Crippen LogP) is -0.655. The van der Waals surface area contributed by atoms with Gasteiger partial charge in [0.25, 0.3) is 0 Å². The molecule has 17 heavy (non-hydrogen) atoms. The second kappa shape index (κ2) is 3.85. The van der Waals surface area contributed by atoms with Crippen molar-refractivity contribution in [3.8, 4) is 0 Å². The van der Waals surface area contributed by atoms with Crippen LogP contribution in [0.4, 0.5) is 5.82 Å². The third-order valence-corrected chi connectivity index (χ3v) is 3.08. The number of nitrogens with zero attached hydrogens (tertiary/aromatic N) is 4. The van der Waals surface area contributed by atoms with Crippen LogP contribution in [0.3, 0.4) is 0 Å². The summed E-state index contributed by atoms with van der Waals surface area (Å²) in [4.78, 5) is 17.7. The summed E-state index contributed by atoms with van der Waals surface area (Å²) in [5, 5.41) is 6.31. The Morgan fingerprint density at radius 2 is 2.41 bits per heavy atom. The Morgan fingerprint density at radius 3 is 3.24 bits per heavy atom. The van der Waals surface area contributed by atoms with E-state index in [-0.39, 0.29) is 11.7 Å². The molecule has 0 bridgehead atoms. The fourth-order valence-electron chi connectivity index (χ4n) is 2.19. The van der Waals surface area contributed by atoms with Crippen LogP contribution in [-0.4, -0.2) is 38.7 Å². The number of piperidine rings is 1. The van der Waals surface area contributed by atoms with Crippen LogP contribution in [0, 0.1) is 0 Å². The average molecular weight is 234 g/mol. The SMILES string of the molecule is N[C@@H]1CCCN(c2cc3n[nH]c(=O)n3cn2)C1. The van der Waals surface area contributed by atoms with Crippen LogP contribution in [0.15, 0.2) is 17.2 Å². The van der Waals surface area contributed by atoms with E-state index in [9.17, 15) is 4.79 Å². The van der Waals surface area contributed by atoms with Gasteiger partial charge in [0.1, 0.15) is 12.1 Å². The number of anilines is 1. The lowest BCUT2D eigenvalue weighted by Gasteiger charge is -2.31. The maximum Gasteiger partial charge on any atom is 0.348 e. The van der Waals surface area contributed by atoms with E-state index in [1.807, 2.05) is 0 Å². The summed E-state index contributed by atoms with van der Waals surface area (Å²) in [6, 6.07) is 2.00. The first-order chi connectivity index (χ1) is 8.24. The first kappa shape index (κ1) is 10.3. The van der Waals surface area contributed by atoms with E-state index in [0.29, 0.717) is 5.65 Å². The van der Waals surface area contributed by atoms with Crippen molar-refractivity contribution in [2.75, 3.05) is 18.0 Å². The molecule has 0 radical (unpaired) electrons. The summed E-state index contributed by atoms with van der Waals surface area (Å²) in [6.07, 6.45) is 3.62. The van der Waals surface area contributed by atoms with Gasteiger partial charge in [0.05, 0.1) is 0 Å². The quantitative estimate of drug-likeness (QED) is 0.683. The van der Waals surface area contributed by atoms with Crippen LogP contribution in [-0.2, 0) is 0 Å². The molecular weight excluding hydrogens is 220 g/mol. The Hall–Kier alpha value is -1.89. The van der Waals surface area contributed by atoms with Gasteiger partial charge in [-0.25, -0.2) is 19.3 Å².